The van der Waals surface area contributed by atoms with E-state index in [0.717, 1.165) is 17.7 Å². The molecule has 0 bridgehead atoms. The number of nitrogens with zero attached hydrogens (tertiary/aromatic N) is 1. The quantitative estimate of drug-likeness (QED) is 0.900. The molecule has 0 aliphatic rings. The van der Waals surface area contributed by atoms with Crippen LogP contribution >= 0.6 is 11.6 Å². The van der Waals surface area contributed by atoms with Crippen LogP contribution < -0.4 is 5.32 Å². The average Bonchev–Trinajstić information content (AvgIpc) is 2.47. The highest BCUT2D eigenvalue weighted by Crippen LogP contribution is 2.26. The topological polar surface area (TPSA) is 42.0 Å². The van der Waals surface area contributed by atoms with Crippen LogP contribution in [0.3, 0.4) is 0 Å². The number of carbonyl (C=O) groups is 1. The van der Waals surface area contributed by atoms with Gasteiger partial charge in [0.05, 0.1) is 0 Å². The maximum atomic E-state index is 12.2. The Labute approximate surface area is 124 Å². The average molecular weight is 289 g/mol. The number of halogens is 1. The standard InChI is InChI=1S/C16H17ClN2O/c1-3-11(2)13-6-4-5-7-14(13)19-16(20)15-10-12(17)8-9-18-15/h4-11H,3H2,1-2H3,(H,19,20). The van der Waals surface area contributed by atoms with Crippen LogP contribution in [-0.2, 0) is 0 Å². The van der Waals surface area contributed by atoms with Crippen LogP contribution in [0.4, 0.5) is 5.69 Å². The summed E-state index contributed by atoms with van der Waals surface area (Å²) in [6, 6.07) is 11.0. The molecule has 1 atom stereocenters. The molecule has 1 unspecified atom stereocenters. The van der Waals surface area contributed by atoms with Gasteiger partial charge in [-0.25, -0.2) is 0 Å². The van der Waals surface area contributed by atoms with Gasteiger partial charge in [-0.05, 0) is 36.1 Å². The Morgan fingerprint density at radius 1 is 1.35 bits per heavy atom. The van der Waals surface area contributed by atoms with Crippen molar-refractivity contribution in [3.8, 4) is 0 Å². The summed E-state index contributed by atoms with van der Waals surface area (Å²) >= 11 is 5.88. The molecule has 1 aromatic carbocycles. The van der Waals surface area contributed by atoms with Crippen LogP contribution in [0.2, 0.25) is 5.02 Å². The first-order valence-corrected chi connectivity index (χ1v) is 7.01. The third-order valence-corrected chi connectivity index (χ3v) is 3.54. The fraction of sp³-hybridized carbons (Fsp3) is 0.250. The van der Waals surface area contributed by atoms with Gasteiger partial charge in [0.15, 0.2) is 0 Å². The van der Waals surface area contributed by atoms with Crippen LogP contribution in [-0.4, -0.2) is 10.9 Å². The molecule has 2 aromatic rings. The molecule has 20 heavy (non-hydrogen) atoms. The number of pyridine rings is 1. The van der Waals surface area contributed by atoms with E-state index in [1.807, 2.05) is 24.3 Å². The summed E-state index contributed by atoms with van der Waals surface area (Å²) in [6.45, 7) is 4.27. The Bertz CT molecular complexity index is 613. The predicted molar refractivity (Wildman–Crippen MR) is 82.3 cm³/mol. The minimum absolute atomic E-state index is 0.247. The van der Waals surface area contributed by atoms with Gasteiger partial charge >= 0.3 is 0 Å². The minimum atomic E-state index is -0.247. The summed E-state index contributed by atoms with van der Waals surface area (Å²) in [5.41, 5.74) is 2.27. The van der Waals surface area contributed by atoms with E-state index in [9.17, 15) is 4.79 Å². The lowest BCUT2D eigenvalue weighted by Crippen LogP contribution is -2.15. The Balaban J connectivity index is 2.24. The van der Waals surface area contributed by atoms with E-state index < -0.39 is 0 Å². The van der Waals surface area contributed by atoms with Gasteiger partial charge in [0.1, 0.15) is 5.69 Å². The normalized spacial score (nSPS) is 11.9. The van der Waals surface area contributed by atoms with Crippen molar-refractivity contribution < 1.29 is 4.79 Å². The first-order chi connectivity index (χ1) is 9.61. The molecule has 1 aromatic heterocycles. The van der Waals surface area contributed by atoms with Crippen LogP contribution in [0.5, 0.6) is 0 Å². The van der Waals surface area contributed by atoms with E-state index in [1.54, 1.807) is 12.1 Å². The number of rotatable bonds is 4. The van der Waals surface area contributed by atoms with Crippen LogP contribution in [0.15, 0.2) is 42.6 Å². The zero-order valence-corrected chi connectivity index (χ0v) is 12.3. The molecule has 1 N–H and O–H groups in total. The summed E-state index contributed by atoms with van der Waals surface area (Å²) in [4.78, 5) is 16.2. The van der Waals surface area contributed by atoms with Crippen molar-refractivity contribution in [1.29, 1.82) is 0 Å². The number of aromatic nitrogens is 1. The number of benzene rings is 1. The molecule has 0 aliphatic heterocycles. The highest BCUT2D eigenvalue weighted by atomic mass is 35.5. The maximum absolute atomic E-state index is 12.2. The van der Waals surface area contributed by atoms with Gasteiger partial charge < -0.3 is 5.32 Å². The lowest BCUT2D eigenvalue weighted by atomic mass is 9.97. The number of amides is 1. The predicted octanol–water partition coefficient (Wildman–Crippen LogP) is 4.50. The molecular weight excluding hydrogens is 272 g/mol. The Morgan fingerprint density at radius 2 is 2.10 bits per heavy atom. The summed E-state index contributed by atoms with van der Waals surface area (Å²) in [6.07, 6.45) is 2.54. The van der Waals surface area contributed by atoms with Gasteiger partial charge in [0.2, 0.25) is 0 Å². The summed E-state index contributed by atoms with van der Waals surface area (Å²) < 4.78 is 0. The second-order valence-electron chi connectivity index (χ2n) is 4.71. The monoisotopic (exact) mass is 288 g/mol. The number of hydrogen-bond donors (Lipinski definition) is 1. The van der Waals surface area contributed by atoms with E-state index in [-0.39, 0.29) is 5.91 Å². The molecule has 104 valence electrons. The number of nitrogens with one attached hydrogen (secondary N) is 1. The Kier molecular flexibility index (Phi) is 4.74. The van der Waals surface area contributed by atoms with Gasteiger partial charge in [-0.2, -0.15) is 0 Å². The molecule has 0 saturated carbocycles. The molecule has 4 heteroatoms. The molecule has 0 spiro atoms. The molecule has 0 radical (unpaired) electrons. The van der Waals surface area contributed by atoms with E-state index in [2.05, 4.69) is 24.1 Å². The van der Waals surface area contributed by atoms with Crippen LogP contribution in [0.25, 0.3) is 0 Å². The first kappa shape index (κ1) is 14.5. The summed E-state index contributed by atoms with van der Waals surface area (Å²) in [5, 5.41) is 3.41. The van der Waals surface area contributed by atoms with Crippen molar-refractivity contribution in [2.24, 2.45) is 0 Å². The van der Waals surface area contributed by atoms with Crippen LogP contribution in [0.1, 0.15) is 42.2 Å². The van der Waals surface area contributed by atoms with Crippen molar-refractivity contribution >= 4 is 23.2 Å². The molecule has 3 nitrogen and oxygen atoms in total. The van der Waals surface area contributed by atoms with Crippen LogP contribution in [0, 0.1) is 0 Å². The first-order valence-electron chi connectivity index (χ1n) is 6.63. The summed E-state index contributed by atoms with van der Waals surface area (Å²) in [7, 11) is 0. The van der Waals surface area contributed by atoms with E-state index >= 15 is 0 Å². The third-order valence-electron chi connectivity index (χ3n) is 3.31. The highest BCUT2D eigenvalue weighted by Gasteiger charge is 2.13. The molecule has 0 fully saturated rings. The highest BCUT2D eigenvalue weighted by molar-refractivity contribution is 6.30. The van der Waals surface area contributed by atoms with Crippen molar-refractivity contribution in [2.45, 2.75) is 26.2 Å². The Hall–Kier alpha value is -1.87. The van der Waals surface area contributed by atoms with Gasteiger partial charge in [-0.15, -0.1) is 0 Å². The largest absolute Gasteiger partial charge is 0.320 e. The number of para-hydroxylation sites is 1. The Morgan fingerprint density at radius 3 is 2.80 bits per heavy atom. The van der Waals surface area contributed by atoms with Crippen molar-refractivity contribution in [2.75, 3.05) is 5.32 Å². The third kappa shape index (κ3) is 3.36. The molecule has 1 amide bonds. The molecule has 1 heterocycles. The second kappa shape index (κ2) is 6.53. The van der Waals surface area contributed by atoms with Crippen molar-refractivity contribution in [1.82, 2.24) is 4.98 Å². The lowest BCUT2D eigenvalue weighted by Gasteiger charge is -2.15. The van der Waals surface area contributed by atoms with E-state index in [0.29, 0.717) is 16.6 Å². The van der Waals surface area contributed by atoms with Crippen molar-refractivity contribution in [3.05, 3.63) is 58.9 Å². The zero-order chi connectivity index (χ0) is 14.5. The van der Waals surface area contributed by atoms with Gasteiger partial charge in [0, 0.05) is 16.9 Å². The molecule has 0 aliphatic carbocycles. The SMILES string of the molecule is CCC(C)c1ccccc1NC(=O)c1cc(Cl)ccn1. The van der Waals surface area contributed by atoms with E-state index in [1.165, 1.54) is 6.20 Å². The second-order valence-corrected chi connectivity index (χ2v) is 5.15. The number of hydrogen-bond acceptors (Lipinski definition) is 2. The summed E-state index contributed by atoms with van der Waals surface area (Å²) in [5.74, 6) is 0.141. The lowest BCUT2D eigenvalue weighted by molar-refractivity contribution is 0.102. The smallest absolute Gasteiger partial charge is 0.274 e. The fourth-order valence-corrected chi connectivity index (χ4v) is 2.14. The van der Waals surface area contributed by atoms with Gasteiger partial charge in [-0.1, -0.05) is 43.6 Å². The molecular formula is C16H17ClN2O. The zero-order valence-electron chi connectivity index (χ0n) is 11.6. The van der Waals surface area contributed by atoms with Gasteiger partial charge in [0.25, 0.3) is 5.91 Å². The fourth-order valence-electron chi connectivity index (χ4n) is 1.98. The maximum Gasteiger partial charge on any atom is 0.274 e. The number of anilines is 1. The van der Waals surface area contributed by atoms with E-state index in [4.69, 9.17) is 11.6 Å². The van der Waals surface area contributed by atoms with Gasteiger partial charge in [-0.3, -0.25) is 9.78 Å². The van der Waals surface area contributed by atoms with Crippen molar-refractivity contribution in [3.63, 3.8) is 0 Å². The number of carbonyl (C=O) groups excluding carboxylic acids is 1. The molecule has 0 saturated heterocycles. The minimum Gasteiger partial charge on any atom is -0.320 e. The molecule has 2 rings (SSSR count).